The van der Waals surface area contributed by atoms with Gasteiger partial charge in [-0.3, -0.25) is 9.69 Å². The van der Waals surface area contributed by atoms with Crippen LogP contribution in [-0.4, -0.2) is 50.9 Å². The molecule has 1 fully saturated rings. The quantitative estimate of drug-likeness (QED) is 0.897. The van der Waals surface area contributed by atoms with E-state index in [-0.39, 0.29) is 18.0 Å². The van der Waals surface area contributed by atoms with Gasteiger partial charge in [-0.15, -0.1) is 10.2 Å². The predicted molar refractivity (Wildman–Crippen MR) is 91.0 cm³/mol. The van der Waals surface area contributed by atoms with E-state index in [9.17, 15) is 9.59 Å². The number of carbonyl (C=O) groups excluding carboxylic acids is 2. The maximum atomic E-state index is 12.5. The third-order valence-electron chi connectivity index (χ3n) is 4.70. The van der Waals surface area contributed by atoms with Crippen LogP contribution in [-0.2, 0) is 17.8 Å². The highest BCUT2D eigenvalue weighted by Gasteiger charge is 2.28. The fourth-order valence-electron chi connectivity index (χ4n) is 3.31. The van der Waals surface area contributed by atoms with Gasteiger partial charge in [0.2, 0.25) is 5.82 Å². The Kier molecular flexibility index (Phi) is 5.55. The average molecular weight is 349 g/mol. The van der Waals surface area contributed by atoms with E-state index in [0.717, 1.165) is 25.7 Å². The van der Waals surface area contributed by atoms with Crippen LogP contribution in [0.1, 0.15) is 62.4 Å². The Balaban J connectivity index is 1.60. The minimum absolute atomic E-state index is 0.165. The lowest BCUT2D eigenvalue weighted by molar-refractivity contribution is 0.0816. The number of carbonyl (C=O) groups is 2. The van der Waals surface area contributed by atoms with Crippen molar-refractivity contribution in [3.63, 3.8) is 0 Å². The molecule has 0 saturated heterocycles. The number of aromatic nitrogens is 3. The molecule has 3 rings (SSSR count). The highest BCUT2D eigenvalue weighted by molar-refractivity contribution is 5.91. The van der Waals surface area contributed by atoms with Crippen LogP contribution < -0.4 is 5.32 Å². The summed E-state index contributed by atoms with van der Waals surface area (Å²) < 4.78 is 7.07. The van der Waals surface area contributed by atoms with Gasteiger partial charge in [-0.2, -0.15) is 0 Å². The summed E-state index contributed by atoms with van der Waals surface area (Å²) in [6.07, 6.45) is 5.29. The van der Waals surface area contributed by atoms with Gasteiger partial charge in [0.25, 0.3) is 5.91 Å². The normalized spacial score (nSPS) is 18.1. The molecule has 25 heavy (non-hydrogen) atoms. The van der Waals surface area contributed by atoms with Crippen molar-refractivity contribution in [1.82, 2.24) is 25.0 Å². The number of fused-ring (bicyclic) bond motifs is 1. The molecule has 0 bridgehead atoms. The van der Waals surface area contributed by atoms with Crippen LogP contribution in [0.25, 0.3) is 0 Å². The Morgan fingerprint density at radius 2 is 1.96 bits per heavy atom. The molecular formula is C17H27N5O3. The molecule has 2 amide bonds. The standard InChI is InChI=1S/C17H27N5O3/c1-12(2)11-25-17(24)21-8-9-22-14(10-21)19-20-15(22)16(23)18-13-6-4-3-5-7-13/h12-13H,3-11H2,1-2H3,(H,18,23). The fourth-order valence-corrected chi connectivity index (χ4v) is 3.31. The predicted octanol–water partition coefficient (Wildman–Crippen LogP) is 1.95. The van der Waals surface area contributed by atoms with Crippen LogP contribution >= 0.6 is 0 Å². The lowest BCUT2D eigenvalue weighted by Crippen LogP contribution is -2.41. The van der Waals surface area contributed by atoms with E-state index < -0.39 is 0 Å². The van der Waals surface area contributed by atoms with Crippen molar-refractivity contribution < 1.29 is 14.3 Å². The largest absolute Gasteiger partial charge is 0.449 e. The first-order valence-electron chi connectivity index (χ1n) is 9.19. The first-order valence-corrected chi connectivity index (χ1v) is 9.19. The van der Waals surface area contributed by atoms with Crippen LogP contribution in [0, 0.1) is 5.92 Å². The van der Waals surface area contributed by atoms with Gasteiger partial charge in [-0.25, -0.2) is 4.79 Å². The van der Waals surface area contributed by atoms with E-state index in [2.05, 4.69) is 15.5 Å². The Hall–Kier alpha value is -2.12. The van der Waals surface area contributed by atoms with Gasteiger partial charge < -0.3 is 14.6 Å². The second-order valence-corrected chi connectivity index (χ2v) is 7.29. The van der Waals surface area contributed by atoms with Gasteiger partial charge in [0.05, 0.1) is 13.2 Å². The van der Waals surface area contributed by atoms with E-state index in [1.807, 2.05) is 18.4 Å². The SMILES string of the molecule is CC(C)COC(=O)N1CCn2c(nnc2C(=O)NC2CCCCC2)C1. The topological polar surface area (TPSA) is 89.3 Å². The molecule has 1 aliphatic heterocycles. The van der Waals surface area contributed by atoms with E-state index >= 15 is 0 Å². The molecule has 2 heterocycles. The number of hydrogen-bond donors (Lipinski definition) is 1. The molecule has 1 saturated carbocycles. The number of nitrogens with zero attached hydrogens (tertiary/aromatic N) is 4. The van der Waals surface area contributed by atoms with Crippen LogP contribution in [0.3, 0.4) is 0 Å². The highest BCUT2D eigenvalue weighted by Crippen LogP contribution is 2.18. The highest BCUT2D eigenvalue weighted by atomic mass is 16.6. The number of hydrogen-bond acceptors (Lipinski definition) is 5. The van der Waals surface area contributed by atoms with Crippen molar-refractivity contribution in [2.45, 2.75) is 65.1 Å². The van der Waals surface area contributed by atoms with E-state index in [1.165, 1.54) is 6.42 Å². The zero-order chi connectivity index (χ0) is 17.8. The molecule has 0 radical (unpaired) electrons. The van der Waals surface area contributed by atoms with Crippen molar-refractivity contribution in [3.8, 4) is 0 Å². The number of nitrogens with one attached hydrogen (secondary N) is 1. The van der Waals surface area contributed by atoms with Gasteiger partial charge in [0, 0.05) is 19.1 Å². The van der Waals surface area contributed by atoms with E-state index in [1.54, 1.807) is 4.90 Å². The molecule has 138 valence electrons. The zero-order valence-corrected chi connectivity index (χ0v) is 15.0. The third-order valence-corrected chi connectivity index (χ3v) is 4.70. The first kappa shape index (κ1) is 17.7. The van der Waals surface area contributed by atoms with Gasteiger partial charge in [0.15, 0.2) is 5.82 Å². The summed E-state index contributed by atoms with van der Waals surface area (Å²) in [6.45, 7) is 5.71. The summed E-state index contributed by atoms with van der Waals surface area (Å²) in [4.78, 5) is 26.2. The Labute approximate surface area is 147 Å². The Morgan fingerprint density at radius 3 is 2.68 bits per heavy atom. The molecule has 8 heteroatoms. The summed E-state index contributed by atoms with van der Waals surface area (Å²) >= 11 is 0. The van der Waals surface area contributed by atoms with Gasteiger partial charge in [-0.1, -0.05) is 33.1 Å². The Bertz CT molecular complexity index is 622. The van der Waals surface area contributed by atoms with Gasteiger partial charge in [-0.05, 0) is 18.8 Å². The molecule has 1 aromatic rings. The summed E-state index contributed by atoms with van der Waals surface area (Å²) in [5.41, 5.74) is 0. The second-order valence-electron chi connectivity index (χ2n) is 7.29. The minimum Gasteiger partial charge on any atom is -0.449 e. The van der Waals surface area contributed by atoms with Crippen molar-refractivity contribution in [2.75, 3.05) is 13.2 Å². The van der Waals surface area contributed by atoms with Crippen molar-refractivity contribution >= 4 is 12.0 Å². The monoisotopic (exact) mass is 349 g/mol. The number of amides is 2. The van der Waals surface area contributed by atoms with Crippen molar-refractivity contribution in [1.29, 1.82) is 0 Å². The Morgan fingerprint density at radius 1 is 1.20 bits per heavy atom. The minimum atomic E-state index is -0.337. The fraction of sp³-hybridized carbons (Fsp3) is 0.765. The van der Waals surface area contributed by atoms with Crippen molar-refractivity contribution in [2.24, 2.45) is 5.92 Å². The summed E-state index contributed by atoms with van der Waals surface area (Å²) in [5, 5.41) is 11.2. The zero-order valence-electron chi connectivity index (χ0n) is 15.0. The first-order chi connectivity index (χ1) is 12.0. The molecule has 1 aliphatic carbocycles. The molecule has 2 aliphatic rings. The van der Waals surface area contributed by atoms with Crippen LogP contribution in [0.4, 0.5) is 4.79 Å². The molecule has 0 spiro atoms. The van der Waals surface area contributed by atoms with Crippen LogP contribution in [0.2, 0.25) is 0 Å². The smallest absolute Gasteiger partial charge is 0.410 e. The maximum Gasteiger partial charge on any atom is 0.410 e. The summed E-state index contributed by atoms with van der Waals surface area (Å²) in [6, 6.07) is 0.236. The maximum absolute atomic E-state index is 12.5. The van der Waals surface area contributed by atoms with Gasteiger partial charge >= 0.3 is 6.09 Å². The van der Waals surface area contributed by atoms with E-state index in [0.29, 0.717) is 43.8 Å². The lowest BCUT2D eigenvalue weighted by atomic mass is 9.95. The van der Waals surface area contributed by atoms with Crippen molar-refractivity contribution in [3.05, 3.63) is 11.6 Å². The van der Waals surface area contributed by atoms with Crippen LogP contribution in [0.5, 0.6) is 0 Å². The number of ether oxygens (including phenoxy) is 1. The number of rotatable bonds is 4. The molecule has 1 N–H and O–H groups in total. The lowest BCUT2D eigenvalue weighted by Gasteiger charge is -2.27. The average Bonchev–Trinajstić information content (AvgIpc) is 3.03. The summed E-state index contributed by atoms with van der Waals surface area (Å²) in [5.74, 6) is 1.10. The van der Waals surface area contributed by atoms with E-state index in [4.69, 9.17) is 4.74 Å². The molecule has 8 nitrogen and oxygen atoms in total. The van der Waals surface area contributed by atoms with Gasteiger partial charge in [0.1, 0.15) is 0 Å². The molecule has 0 atom stereocenters. The third kappa shape index (κ3) is 4.29. The second kappa shape index (κ2) is 7.84. The summed E-state index contributed by atoms with van der Waals surface area (Å²) in [7, 11) is 0. The molecule has 1 aromatic heterocycles. The van der Waals surface area contributed by atoms with Crippen LogP contribution in [0.15, 0.2) is 0 Å². The molecule has 0 aromatic carbocycles. The molecule has 0 unspecified atom stereocenters. The molecular weight excluding hydrogens is 322 g/mol.